The summed E-state index contributed by atoms with van der Waals surface area (Å²) in [5.41, 5.74) is 8.25. The molecule has 4 nitrogen and oxygen atoms in total. The number of nitrogen functional groups attached to an aromatic ring is 1. The van der Waals surface area contributed by atoms with Gasteiger partial charge in [-0.05, 0) is 56.4 Å². The summed E-state index contributed by atoms with van der Waals surface area (Å²) in [6.07, 6.45) is 2.94. The van der Waals surface area contributed by atoms with Crippen LogP contribution in [-0.2, 0) is 9.53 Å². The third-order valence-corrected chi connectivity index (χ3v) is 3.59. The number of hydrogen-bond acceptors (Lipinski definition) is 3. The molecule has 0 aliphatic heterocycles. The van der Waals surface area contributed by atoms with Gasteiger partial charge in [0.1, 0.15) is 0 Å². The Morgan fingerprint density at radius 1 is 1.47 bits per heavy atom. The molecule has 19 heavy (non-hydrogen) atoms. The van der Waals surface area contributed by atoms with E-state index in [1.807, 2.05) is 26.0 Å². The molecule has 1 aliphatic rings. The van der Waals surface area contributed by atoms with E-state index in [0.717, 1.165) is 30.7 Å². The van der Waals surface area contributed by atoms with Gasteiger partial charge in [-0.1, -0.05) is 0 Å². The number of rotatable bonds is 5. The minimum Gasteiger partial charge on any atom is -0.399 e. The number of nitrogens with two attached hydrogens (primary N) is 1. The Balaban J connectivity index is 1.79. The van der Waals surface area contributed by atoms with Gasteiger partial charge in [0.25, 0.3) is 0 Å². The molecule has 2 rings (SSSR count). The van der Waals surface area contributed by atoms with E-state index in [4.69, 9.17) is 10.5 Å². The van der Waals surface area contributed by atoms with Crippen LogP contribution < -0.4 is 11.1 Å². The monoisotopic (exact) mass is 262 g/mol. The van der Waals surface area contributed by atoms with Crippen LogP contribution >= 0.6 is 0 Å². The molecule has 1 saturated carbocycles. The molecule has 1 amide bonds. The highest BCUT2D eigenvalue weighted by Gasteiger charge is 2.31. The number of carbonyl (C=O) groups excluding carboxylic acids is 1. The summed E-state index contributed by atoms with van der Waals surface area (Å²) >= 11 is 0. The molecule has 4 heteroatoms. The Bertz CT molecular complexity index is 453. The summed E-state index contributed by atoms with van der Waals surface area (Å²) in [6, 6.07) is 5.52. The number of ether oxygens (including phenoxy) is 1. The van der Waals surface area contributed by atoms with E-state index in [-0.39, 0.29) is 5.91 Å². The summed E-state index contributed by atoms with van der Waals surface area (Å²) in [5.74, 6) is 0.540. The van der Waals surface area contributed by atoms with E-state index in [1.54, 1.807) is 6.07 Å². The number of aryl methyl sites for hydroxylation is 1. The van der Waals surface area contributed by atoms with Crippen molar-refractivity contribution in [3.63, 3.8) is 0 Å². The van der Waals surface area contributed by atoms with Gasteiger partial charge in [0, 0.05) is 24.4 Å². The van der Waals surface area contributed by atoms with E-state index in [0.29, 0.717) is 24.1 Å². The lowest BCUT2D eigenvalue weighted by atomic mass is 9.80. The second-order valence-electron chi connectivity index (χ2n) is 5.24. The van der Waals surface area contributed by atoms with Crippen LogP contribution in [0.3, 0.4) is 0 Å². The molecule has 1 fully saturated rings. The first-order valence-electron chi connectivity index (χ1n) is 6.86. The van der Waals surface area contributed by atoms with Crippen molar-refractivity contribution in [1.29, 1.82) is 0 Å². The van der Waals surface area contributed by atoms with Crippen LogP contribution in [0.2, 0.25) is 0 Å². The van der Waals surface area contributed by atoms with E-state index in [2.05, 4.69) is 5.32 Å². The third kappa shape index (κ3) is 3.70. The molecule has 1 aromatic rings. The molecule has 104 valence electrons. The van der Waals surface area contributed by atoms with Gasteiger partial charge in [0.05, 0.1) is 6.10 Å². The first kappa shape index (κ1) is 13.9. The zero-order chi connectivity index (χ0) is 13.8. The average Bonchev–Trinajstić information content (AvgIpc) is 2.30. The Hall–Kier alpha value is -1.55. The predicted octanol–water partition coefficient (Wildman–Crippen LogP) is 2.72. The highest BCUT2D eigenvalue weighted by atomic mass is 16.5. The van der Waals surface area contributed by atoms with Crippen molar-refractivity contribution in [2.24, 2.45) is 5.92 Å². The summed E-state index contributed by atoms with van der Waals surface area (Å²) in [7, 11) is 0. The fourth-order valence-corrected chi connectivity index (χ4v) is 2.50. The Morgan fingerprint density at radius 3 is 2.84 bits per heavy atom. The molecule has 0 bridgehead atoms. The highest BCUT2D eigenvalue weighted by Crippen LogP contribution is 2.33. The van der Waals surface area contributed by atoms with E-state index in [9.17, 15) is 4.79 Å². The lowest BCUT2D eigenvalue weighted by molar-refractivity contribution is -0.119. The van der Waals surface area contributed by atoms with Crippen LogP contribution in [-0.4, -0.2) is 18.6 Å². The van der Waals surface area contributed by atoms with Crippen molar-refractivity contribution in [3.05, 3.63) is 23.8 Å². The van der Waals surface area contributed by atoms with E-state index in [1.165, 1.54) is 0 Å². The lowest BCUT2D eigenvalue weighted by Gasteiger charge is -2.34. The van der Waals surface area contributed by atoms with Gasteiger partial charge in [0.2, 0.25) is 5.91 Å². The van der Waals surface area contributed by atoms with Gasteiger partial charge in [-0.3, -0.25) is 4.79 Å². The Morgan fingerprint density at radius 2 is 2.21 bits per heavy atom. The molecule has 1 aliphatic carbocycles. The van der Waals surface area contributed by atoms with Crippen LogP contribution in [0, 0.1) is 12.8 Å². The van der Waals surface area contributed by atoms with Gasteiger partial charge in [-0.15, -0.1) is 0 Å². The maximum absolute atomic E-state index is 11.9. The maximum Gasteiger partial charge on any atom is 0.224 e. The van der Waals surface area contributed by atoms with Crippen LogP contribution in [0.1, 0.15) is 31.7 Å². The fourth-order valence-electron chi connectivity index (χ4n) is 2.50. The SMILES string of the molecule is CCOC1CC(CC(=O)Nc2ccc(N)cc2C)C1. The van der Waals surface area contributed by atoms with Crippen molar-refractivity contribution in [1.82, 2.24) is 0 Å². The topological polar surface area (TPSA) is 64.3 Å². The molecular weight excluding hydrogens is 240 g/mol. The third-order valence-electron chi connectivity index (χ3n) is 3.59. The van der Waals surface area contributed by atoms with Crippen molar-refractivity contribution in [2.45, 2.75) is 39.2 Å². The van der Waals surface area contributed by atoms with Crippen LogP contribution in [0.15, 0.2) is 18.2 Å². The van der Waals surface area contributed by atoms with Crippen LogP contribution in [0.5, 0.6) is 0 Å². The van der Waals surface area contributed by atoms with Gasteiger partial charge in [-0.2, -0.15) is 0 Å². The standard InChI is InChI=1S/C15H22N2O2/c1-3-19-13-7-11(8-13)9-15(18)17-14-5-4-12(16)6-10(14)2/h4-6,11,13H,3,7-9,16H2,1-2H3,(H,17,18). The maximum atomic E-state index is 11.9. The van der Waals surface area contributed by atoms with Gasteiger partial charge in [0.15, 0.2) is 0 Å². The smallest absolute Gasteiger partial charge is 0.224 e. The number of nitrogens with one attached hydrogen (secondary N) is 1. The molecule has 0 atom stereocenters. The van der Waals surface area contributed by atoms with E-state index >= 15 is 0 Å². The molecule has 1 aromatic carbocycles. The molecule has 0 saturated heterocycles. The normalized spacial score (nSPS) is 21.8. The number of hydrogen-bond donors (Lipinski definition) is 2. The Kier molecular flexibility index (Phi) is 4.43. The number of carbonyl (C=O) groups is 1. The second kappa shape index (κ2) is 6.06. The van der Waals surface area contributed by atoms with Gasteiger partial charge >= 0.3 is 0 Å². The van der Waals surface area contributed by atoms with Crippen LogP contribution in [0.25, 0.3) is 0 Å². The van der Waals surface area contributed by atoms with Gasteiger partial charge in [-0.25, -0.2) is 0 Å². The number of benzene rings is 1. The molecule has 0 spiro atoms. The van der Waals surface area contributed by atoms with Crippen LogP contribution in [0.4, 0.5) is 11.4 Å². The van der Waals surface area contributed by atoms with Gasteiger partial charge < -0.3 is 15.8 Å². The number of amides is 1. The van der Waals surface area contributed by atoms with Crippen molar-refractivity contribution in [2.75, 3.05) is 17.7 Å². The molecule has 0 aromatic heterocycles. The quantitative estimate of drug-likeness (QED) is 0.802. The molecule has 3 N–H and O–H groups in total. The summed E-state index contributed by atoms with van der Waals surface area (Å²) in [5, 5.41) is 2.95. The summed E-state index contributed by atoms with van der Waals surface area (Å²) < 4.78 is 5.49. The molecule has 0 heterocycles. The van der Waals surface area contributed by atoms with Crippen molar-refractivity contribution >= 4 is 17.3 Å². The summed E-state index contributed by atoms with van der Waals surface area (Å²) in [4.78, 5) is 11.9. The highest BCUT2D eigenvalue weighted by molar-refractivity contribution is 5.91. The minimum absolute atomic E-state index is 0.0767. The zero-order valence-corrected chi connectivity index (χ0v) is 11.6. The zero-order valence-electron chi connectivity index (χ0n) is 11.6. The summed E-state index contributed by atoms with van der Waals surface area (Å²) in [6.45, 7) is 4.71. The van der Waals surface area contributed by atoms with E-state index < -0.39 is 0 Å². The minimum atomic E-state index is 0.0767. The first-order chi connectivity index (χ1) is 9.08. The lowest BCUT2D eigenvalue weighted by Crippen LogP contribution is -2.33. The predicted molar refractivity (Wildman–Crippen MR) is 77.0 cm³/mol. The second-order valence-corrected chi connectivity index (χ2v) is 5.24. The Labute approximate surface area is 114 Å². The van der Waals surface area contributed by atoms with Crippen molar-refractivity contribution < 1.29 is 9.53 Å². The fraction of sp³-hybridized carbons (Fsp3) is 0.533. The molecule has 0 unspecified atom stereocenters. The molecular formula is C15H22N2O2. The van der Waals surface area contributed by atoms with Crippen molar-refractivity contribution in [3.8, 4) is 0 Å². The first-order valence-corrected chi connectivity index (χ1v) is 6.86. The molecule has 0 radical (unpaired) electrons. The largest absolute Gasteiger partial charge is 0.399 e. The number of anilines is 2. The average molecular weight is 262 g/mol.